The summed E-state index contributed by atoms with van der Waals surface area (Å²) in [5.41, 5.74) is 6.11. The van der Waals surface area contributed by atoms with E-state index in [2.05, 4.69) is 5.32 Å². The molecule has 0 aliphatic rings. The number of carbonyl (C=O) groups is 3. The Hall–Kier alpha value is -4.54. The van der Waals surface area contributed by atoms with Crippen molar-refractivity contribution < 1.29 is 37.4 Å². The topological polar surface area (TPSA) is 122 Å². The quantitative estimate of drug-likeness (QED) is 0.367. The number of nitrogens with zero attached hydrogens (tertiary/aromatic N) is 1. The van der Waals surface area contributed by atoms with Gasteiger partial charge in [0.1, 0.15) is 12.3 Å². The fraction of sp³-hybridized carbons (Fsp3) is 0.192. The van der Waals surface area contributed by atoms with Crippen molar-refractivity contribution in [1.82, 2.24) is 4.90 Å². The molecule has 0 saturated carbocycles. The zero-order valence-corrected chi connectivity index (χ0v) is 19.7. The summed E-state index contributed by atoms with van der Waals surface area (Å²) in [7, 11) is 1.25. The number of aliphatic carboxylic acids is 1. The number of alkyl halides is 3. The van der Waals surface area contributed by atoms with Crippen molar-refractivity contribution in [1.29, 1.82) is 0 Å². The lowest BCUT2D eigenvalue weighted by atomic mass is 10.0. The van der Waals surface area contributed by atoms with E-state index < -0.39 is 42.5 Å². The smallest absolute Gasteiger partial charge is 0.416 e. The first-order chi connectivity index (χ1) is 17.5. The molecule has 0 bridgehead atoms. The monoisotopic (exact) mass is 515 g/mol. The molecule has 0 unspecified atom stereocenters. The van der Waals surface area contributed by atoms with Gasteiger partial charge in [0.25, 0.3) is 5.91 Å². The molecule has 0 fully saturated rings. The van der Waals surface area contributed by atoms with Gasteiger partial charge in [0.2, 0.25) is 5.91 Å². The Labute approximate surface area is 210 Å². The van der Waals surface area contributed by atoms with E-state index in [9.17, 15) is 32.7 Å². The molecule has 194 valence electrons. The molecule has 8 nitrogen and oxygen atoms in total. The van der Waals surface area contributed by atoms with E-state index in [1.165, 1.54) is 43.5 Å². The van der Waals surface area contributed by atoms with Crippen molar-refractivity contribution in [2.24, 2.45) is 0 Å². The predicted octanol–water partition coefficient (Wildman–Crippen LogP) is 4.20. The Morgan fingerprint density at radius 3 is 2.22 bits per heavy atom. The van der Waals surface area contributed by atoms with Crippen LogP contribution < -0.4 is 15.8 Å². The Kier molecular flexibility index (Phi) is 8.38. The number of ether oxygens (including phenoxy) is 1. The highest BCUT2D eigenvalue weighted by Crippen LogP contribution is 2.34. The Morgan fingerprint density at radius 2 is 1.65 bits per heavy atom. The largest absolute Gasteiger partial charge is 0.497 e. The lowest BCUT2D eigenvalue weighted by molar-refractivity contribution is -0.139. The minimum atomic E-state index is -4.67. The van der Waals surface area contributed by atoms with E-state index in [4.69, 9.17) is 10.5 Å². The highest BCUT2D eigenvalue weighted by atomic mass is 19.4. The maximum absolute atomic E-state index is 13.4. The predicted molar refractivity (Wildman–Crippen MR) is 130 cm³/mol. The second kappa shape index (κ2) is 11.5. The Balaban J connectivity index is 1.70. The first-order valence-electron chi connectivity index (χ1n) is 11.0. The summed E-state index contributed by atoms with van der Waals surface area (Å²) in [6.07, 6.45) is -5.20. The van der Waals surface area contributed by atoms with Crippen LogP contribution in [0.15, 0.2) is 66.7 Å². The minimum absolute atomic E-state index is 0.0186. The fourth-order valence-corrected chi connectivity index (χ4v) is 3.56. The first kappa shape index (κ1) is 27.1. The molecular formula is C26H24F3N3O5. The highest BCUT2D eigenvalue weighted by molar-refractivity contribution is 5.97. The Bertz CT molecular complexity index is 1280. The molecule has 0 atom stereocenters. The van der Waals surface area contributed by atoms with Crippen LogP contribution >= 0.6 is 0 Å². The number of halogens is 3. The third-order valence-electron chi connectivity index (χ3n) is 5.36. The van der Waals surface area contributed by atoms with Crippen LogP contribution in [-0.4, -0.2) is 41.4 Å². The van der Waals surface area contributed by atoms with Crippen molar-refractivity contribution in [3.05, 3.63) is 89.0 Å². The molecule has 0 radical (unpaired) electrons. The normalized spacial score (nSPS) is 11.0. The van der Waals surface area contributed by atoms with Gasteiger partial charge in [-0.15, -0.1) is 0 Å². The number of rotatable bonds is 9. The van der Waals surface area contributed by atoms with Crippen molar-refractivity contribution in [2.75, 3.05) is 24.7 Å². The molecular weight excluding hydrogens is 491 g/mol. The number of nitrogens with one attached hydrogen (secondary N) is 1. The summed E-state index contributed by atoms with van der Waals surface area (Å²) >= 11 is 0. The van der Waals surface area contributed by atoms with Gasteiger partial charge >= 0.3 is 12.1 Å². The van der Waals surface area contributed by atoms with Gasteiger partial charge in [0.15, 0.2) is 0 Å². The molecule has 37 heavy (non-hydrogen) atoms. The molecule has 0 heterocycles. The minimum Gasteiger partial charge on any atom is -0.497 e. The molecule has 0 spiro atoms. The van der Waals surface area contributed by atoms with Crippen molar-refractivity contribution in [2.45, 2.75) is 19.1 Å². The Morgan fingerprint density at radius 1 is 1.00 bits per heavy atom. The number of carboxylic acids is 1. The van der Waals surface area contributed by atoms with Gasteiger partial charge in [-0.05, 0) is 59.7 Å². The molecule has 2 amide bonds. The van der Waals surface area contributed by atoms with Gasteiger partial charge in [0, 0.05) is 23.5 Å². The molecule has 3 aromatic carbocycles. The molecule has 0 aromatic heterocycles. The van der Waals surface area contributed by atoms with Crippen molar-refractivity contribution in [3.8, 4) is 5.75 Å². The SMILES string of the molecule is COc1ccc(CC(=O)Nc2ccc(C(=O)N(CC(=O)O)Cc3ccc(N)cc3)cc2)c(C(F)(F)F)c1. The van der Waals surface area contributed by atoms with Crippen LogP contribution in [0.2, 0.25) is 0 Å². The number of amides is 2. The average molecular weight is 515 g/mol. The summed E-state index contributed by atoms with van der Waals surface area (Å²) < 4.78 is 45.0. The number of benzene rings is 3. The maximum Gasteiger partial charge on any atom is 0.416 e. The third kappa shape index (κ3) is 7.47. The molecule has 4 N–H and O–H groups in total. The van der Waals surface area contributed by atoms with E-state index >= 15 is 0 Å². The van der Waals surface area contributed by atoms with Gasteiger partial charge in [-0.1, -0.05) is 18.2 Å². The van der Waals surface area contributed by atoms with Crippen LogP contribution in [0.4, 0.5) is 24.5 Å². The number of carbonyl (C=O) groups excluding carboxylic acids is 2. The van der Waals surface area contributed by atoms with Crippen LogP contribution in [0.1, 0.15) is 27.0 Å². The molecule has 3 rings (SSSR count). The summed E-state index contributed by atoms with van der Waals surface area (Å²) in [6, 6.07) is 15.6. The summed E-state index contributed by atoms with van der Waals surface area (Å²) in [4.78, 5) is 37.8. The number of hydrogen-bond acceptors (Lipinski definition) is 5. The van der Waals surface area contributed by atoms with Gasteiger partial charge in [-0.25, -0.2) is 0 Å². The van der Waals surface area contributed by atoms with Crippen LogP contribution in [0.25, 0.3) is 0 Å². The van der Waals surface area contributed by atoms with E-state index in [-0.39, 0.29) is 29.1 Å². The molecule has 0 aliphatic carbocycles. The molecule has 3 aromatic rings. The van der Waals surface area contributed by atoms with Gasteiger partial charge in [0.05, 0.1) is 19.1 Å². The van der Waals surface area contributed by atoms with Crippen molar-refractivity contribution in [3.63, 3.8) is 0 Å². The summed E-state index contributed by atoms with van der Waals surface area (Å²) in [5, 5.41) is 11.7. The zero-order valence-electron chi connectivity index (χ0n) is 19.7. The first-order valence-corrected chi connectivity index (χ1v) is 11.0. The standard InChI is InChI=1S/C26H24F3N3O5/c1-37-21-11-6-18(22(13-21)26(27,28)29)12-23(33)31-20-9-4-17(5-10-20)25(36)32(15-24(34)35)14-16-2-7-19(30)8-3-16/h2-11,13H,12,14-15,30H2,1H3,(H,31,33)(H,34,35). The van der Waals surface area contributed by atoms with Gasteiger partial charge in [-0.2, -0.15) is 13.2 Å². The van der Waals surface area contributed by atoms with Crippen LogP contribution in [0.3, 0.4) is 0 Å². The number of hydrogen-bond donors (Lipinski definition) is 3. The summed E-state index contributed by atoms with van der Waals surface area (Å²) in [5.74, 6) is -2.41. The number of nitrogen functional groups attached to an aromatic ring is 1. The zero-order chi connectivity index (χ0) is 27.2. The number of nitrogens with two attached hydrogens (primary N) is 1. The highest BCUT2D eigenvalue weighted by Gasteiger charge is 2.34. The van der Waals surface area contributed by atoms with Gasteiger partial charge < -0.3 is 25.8 Å². The lowest BCUT2D eigenvalue weighted by Gasteiger charge is -2.21. The molecule has 11 heteroatoms. The van der Waals surface area contributed by atoms with Gasteiger partial charge in [-0.3, -0.25) is 14.4 Å². The second-order valence-electron chi connectivity index (χ2n) is 8.12. The van der Waals surface area contributed by atoms with Crippen LogP contribution in [-0.2, 0) is 28.7 Å². The van der Waals surface area contributed by atoms with E-state index in [0.29, 0.717) is 11.3 Å². The van der Waals surface area contributed by atoms with E-state index in [1.807, 2.05) is 0 Å². The fourth-order valence-electron chi connectivity index (χ4n) is 3.56. The number of methoxy groups -OCH3 is 1. The second-order valence-corrected chi connectivity index (χ2v) is 8.12. The lowest BCUT2D eigenvalue weighted by Crippen LogP contribution is -2.35. The maximum atomic E-state index is 13.4. The van der Waals surface area contributed by atoms with E-state index in [0.717, 1.165) is 11.0 Å². The summed E-state index contributed by atoms with van der Waals surface area (Å²) in [6.45, 7) is -0.502. The number of anilines is 2. The average Bonchev–Trinajstić information content (AvgIpc) is 2.84. The van der Waals surface area contributed by atoms with E-state index in [1.54, 1.807) is 24.3 Å². The molecule has 0 aliphatic heterocycles. The van der Waals surface area contributed by atoms with Crippen LogP contribution in [0.5, 0.6) is 5.75 Å². The number of carboxylic acid groups (broad SMARTS) is 1. The third-order valence-corrected chi connectivity index (χ3v) is 5.36. The molecule has 0 saturated heterocycles. The van der Waals surface area contributed by atoms with Crippen molar-refractivity contribution >= 4 is 29.2 Å². The van der Waals surface area contributed by atoms with Crippen LogP contribution in [0, 0.1) is 0 Å².